The molecule has 0 N–H and O–H groups in total. The van der Waals surface area contributed by atoms with Crippen LogP contribution in [0.25, 0.3) is 0 Å². The molecule has 190 valence electrons. The molecule has 1 saturated carbocycles. The molecule has 1 aliphatic carbocycles. The number of amides is 3. The maximum absolute atomic E-state index is 14.2. The molecule has 0 bridgehead atoms. The van der Waals surface area contributed by atoms with Crippen LogP contribution in [0.2, 0.25) is 0 Å². The number of likely N-dealkylation sites (tertiary alicyclic amines) is 1. The molecule has 1 atom stereocenters. The standard InChI is InChI=1S/C27H32FN5O3/c1-18-17-29-19(2)25(30-18)32-12-10-31(11-13-32)23(34)15-27(20-6-5-7-21(28)14-20)16-24(35)33(26(27)36)22-8-3-4-9-22/h5-7,14,17,22H,3-4,8-13,15-16H2,1-2H3/t27-/m1/s1. The van der Waals surface area contributed by atoms with Crippen LogP contribution in [-0.4, -0.2) is 69.7 Å². The molecule has 2 saturated heterocycles. The van der Waals surface area contributed by atoms with Gasteiger partial charge in [-0.2, -0.15) is 0 Å². The maximum Gasteiger partial charge on any atom is 0.241 e. The van der Waals surface area contributed by atoms with E-state index in [1.807, 2.05) is 13.8 Å². The quantitative estimate of drug-likeness (QED) is 0.596. The Labute approximate surface area is 210 Å². The molecule has 3 amide bonds. The van der Waals surface area contributed by atoms with Crippen molar-refractivity contribution >= 4 is 23.5 Å². The molecule has 1 aromatic heterocycles. The third kappa shape index (κ3) is 4.35. The van der Waals surface area contributed by atoms with Gasteiger partial charge in [-0.15, -0.1) is 0 Å². The van der Waals surface area contributed by atoms with Crippen molar-refractivity contribution in [1.82, 2.24) is 19.8 Å². The van der Waals surface area contributed by atoms with Crippen LogP contribution in [0.1, 0.15) is 55.5 Å². The van der Waals surface area contributed by atoms with Crippen molar-refractivity contribution < 1.29 is 18.8 Å². The van der Waals surface area contributed by atoms with Gasteiger partial charge in [-0.25, -0.2) is 9.37 Å². The summed E-state index contributed by atoms with van der Waals surface area (Å²) in [4.78, 5) is 54.8. The van der Waals surface area contributed by atoms with Crippen molar-refractivity contribution in [2.45, 2.75) is 63.8 Å². The summed E-state index contributed by atoms with van der Waals surface area (Å²) < 4.78 is 14.2. The van der Waals surface area contributed by atoms with Gasteiger partial charge in [0.1, 0.15) is 11.6 Å². The van der Waals surface area contributed by atoms with Crippen molar-refractivity contribution in [3.8, 4) is 0 Å². The second-order valence-corrected chi connectivity index (χ2v) is 10.2. The first-order valence-corrected chi connectivity index (χ1v) is 12.7. The topological polar surface area (TPSA) is 86.7 Å². The fourth-order valence-corrected chi connectivity index (χ4v) is 5.91. The number of benzene rings is 1. The first kappa shape index (κ1) is 24.3. The molecule has 36 heavy (non-hydrogen) atoms. The lowest BCUT2D eigenvalue weighted by Crippen LogP contribution is -2.51. The molecule has 8 nitrogen and oxygen atoms in total. The molecule has 3 aliphatic rings. The second kappa shape index (κ2) is 9.59. The zero-order valence-electron chi connectivity index (χ0n) is 20.9. The summed E-state index contributed by atoms with van der Waals surface area (Å²) in [6.45, 7) is 5.96. The Balaban J connectivity index is 1.36. The molecule has 1 aromatic carbocycles. The van der Waals surface area contributed by atoms with Gasteiger partial charge in [0.2, 0.25) is 17.7 Å². The van der Waals surface area contributed by atoms with Gasteiger partial charge in [0.05, 0.1) is 16.8 Å². The Kier molecular flexibility index (Phi) is 6.49. The lowest BCUT2D eigenvalue weighted by molar-refractivity contribution is -0.144. The van der Waals surface area contributed by atoms with E-state index in [4.69, 9.17) is 0 Å². The molecule has 3 fully saturated rings. The van der Waals surface area contributed by atoms with Gasteiger partial charge in [-0.05, 0) is 44.4 Å². The van der Waals surface area contributed by atoms with Gasteiger partial charge in [-0.3, -0.25) is 24.3 Å². The maximum atomic E-state index is 14.2. The molecule has 2 aromatic rings. The Morgan fingerprint density at radius 1 is 1.11 bits per heavy atom. The van der Waals surface area contributed by atoms with Crippen LogP contribution >= 0.6 is 0 Å². The van der Waals surface area contributed by atoms with Crippen LogP contribution in [0.5, 0.6) is 0 Å². The number of hydrogen-bond acceptors (Lipinski definition) is 6. The van der Waals surface area contributed by atoms with Crippen molar-refractivity contribution in [3.05, 3.63) is 53.2 Å². The summed E-state index contributed by atoms with van der Waals surface area (Å²) in [5, 5.41) is 0. The number of carbonyl (C=O) groups excluding carboxylic acids is 3. The Bertz CT molecular complexity index is 1190. The van der Waals surface area contributed by atoms with E-state index in [0.717, 1.165) is 42.9 Å². The Hall–Kier alpha value is -3.36. The highest BCUT2D eigenvalue weighted by Gasteiger charge is 2.56. The smallest absolute Gasteiger partial charge is 0.241 e. The van der Waals surface area contributed by atoms with E-state index in [9.17, 15) is 18.8 Å². The first-order valence-electron chi connectivity index (χ1n) is 12.7. The summed E-state index contributed by atoms with van der Waals surface area (Å²) in [5.41, 5.74) is 0.711. The number of rotatable bonds is 5. The van der Waals surface area contributed by atoms with E-state index in [2.05, 4.69) is 14.9 Å². The SMILES string of the molecule is Cc1cnc(C)c(N2CCN(C(=O)C[C@]3(c4cccc(F)c4)CC(=O)N(C4CCCC4)C3=O)CC2)n1. The minimum absolute atomic E-state index is 0.102. The number of imide groups is 1. The number of hydrogen-bond donors (Lipinski definition) is 0. The van der Waals surface area contributed by atoms with Gasteiger partial charge in [0.25, 0.3) is 0 Å². The van der Waals surface area contributed by atoms with Crippen LogP contribution in [0.15, 0.2) is 30.5 Å². The largest absolute Gasteiger partial charge is 0.352 e. The molecule has 5 rings (SSSR count). The summed E-state index contributed by atoms with van der Waals surface area (Å²) in [5.74, 6) is -0.477. The molecule has 0 unspecified atom stereocenters. The summed E-state index contributed by atoms with van der Waals surface area (Å²) in [6.07, 6.45) is 5.01. The van der Waals surface area contributed by atoms with Gasteiger partial charge in [0, 0.05) is 51.3 Å². The monoisotopic (exact) mass is 493 g/mol. The normalized spacial score (nSPS) is 23.1. The summed E-state index contributed by atoms with van der Waals surface area (Å²) in [6, 6.07) is 5.68. The first-order chi connectivity index (χ1) is 17.3. The van der Waals surface area contributed by atoms with Crippen LogP contribution < -0.4 is 4.90 Å². The fourth-order valence-electron chi connectivity index (χ4n) is 5.91. The molecule has 9 heteroatoms. The molecule has 0 spiro atoms. The molecule has 2 aliphatic heterocycles. The molecular weight excluding hydrogens is 461 g/mol. The van der Waals surface area contributed by atoms with Crippen molar-refractivity contribution in [3.63, 3.8) is 0 Å². The third-order valence-corrected chi connectivity index (χ3v) is 7.85. The van der Waals surface area contributed by atoms with Gasteiger partial charge in [-0.1, -0.05) is 25.0 Å². The van der Waals surface area contributed by atoms with E-state index < -0.39 is 11.2 Å². The summed E-state index contributed by atoms with van der Waals surface area (Å²) >= 11 is 0. The predicted octanol–water partition coefficient (Wildman–Crippen LogP) is 2.91. The number of halogens is 1. The lowest BCUT2D eigenvalue weighted by atomic mass is 9.75. The third-order valence-electron chi connectivity index (χ3n) is 7.85. The van der Waals surface area contributed by atoms with Crippen LogP contribution in [-0.2, 0) is 19.8 Å². The molecule has 3 heterocycles. The average Bonchev–Trinajstić information content (AvgIpc) is 3.47. The Morgan fingerprint density at radius 2 is 1.83 bits per heavy atom. The van der Waals surface area contributed by atoms with Crippen molar-refractivity contribution in [2.24, 2.45) is 0 Å². The zero-order chi connectivity index (χ0) is 25.4. The highest BCUT2D eigenvalue weighted by molar-refractivity contribution is 6.11. The number of aromatic nitrogens is 2. The fraction of sp³-hybridized carbons (Fsp3) is 0.519. The number of piperazine rings is 1. The number of aryl methyl sites for hydroxylation is 2. The average molecular weight is 494 g/mol. The van der Waals surface area contributed by atoms with E-state index in [0.29, 0.717) is 31.7 Å². The van der Waals surface area contributed by atoms with Crippen LogP contribution in [0, 0.1) is 19.7 Å². The zero-order valence-corrected chi connectivity index (χ0v) is 20.9. The van der Waals surface area contributed by atoms with Crippen molar-refractivity contribution in [1.29, 1.82) is 0 Å². The number of anilines is 1. The molecular formula is C27H32FN5O3. The summed E-state index contributed by atoms with van der Waals surface area (Å²) in [7, 11) is 0. The van der Waals surface area contributed by atoms with E-state index in [1.165, 1.54) is 23.1 Å². The van der Waals surface area contributed by atoms with E-state index in [1.54, 1.807) is 17.2 Å². The Morgan fingerprint density at radius 3 is 2.53 bits per heavy atom. The highest BCUT2D eigenvalue weighted by atomic mass is 19.1. The molecule has 0 radical (unpaired) electrons. The number of nitrogens with zero attached hydrogens (tertiary/aromatic N) is 5. The van der Waals surface area contributed by atoms with Gasteiger partial charge < -0.3 is 9.80 Å². The second-order valence-electron chi connectivity index (χ2n) is 10.2. The van der Waals surface area contributed by atoms with Gasteiger partial charge >= 0.3 is 0 Å². The minimum atomic E-state index is -1.37. The minimum Gasteiger partial charge on any atom is -0.352 e. The van der Waals surface area contributed by atoms with Crippen molar-refractivity contribution in [2.75, 3.05) is 31.1 Å². The number of carbonyl (C=O) groups is 3. The van der Waals surface area contributed by atoms with Gasteiger partial charge in [0.15, 0.2) is 0 Å². The van der Waals surface area contributed by atoms with Crippen LogP contribution in [0.3, 0.4) is 0 Å². The van der Waals surface area contributed by atoms with E-state index >= 15 is 0 Å². The lowest BCUT2D eigenvalue weighted by Gasteiger charge is -2.37. The van der Waals surface area contributed by atoms with Crippen LogP contribution in [0.4, 0.5) is 10.2 Å². The highest BCUT2D eigenvalue weighted by Crippen LogP contribution is 2.43. The predicted molar refractivity (Wildman–Crippen MR) is 132 cm³/mol. The van der Waals surface area contributed by atoms with E-state index in [-0.39, 0.29) is 36.6 Å².